The Hall–Kier alpha value is -2.45. The molecule has 0 aliphatic carbocycles. The molecule has 0 aliphatic rings. The molecular weight excluding hydrogens is 787 g/mol. The van der Waals surface area contributed by atoms with Crippen LogP contribution in [-0.4, -0.2) is 80.6 Å². The van der Waals surface area contributed by atoms with Crippen molar-refractivity contribution in [2.24, 2.45) is 0 Å². The monoisotopic (exact) mass is 889 g/mol. The number of rotatable bonds is 48. The molecule has 0 saturated carbocycles. The Morgan fingerprint density at radius 3 is 1.25 bits per heavy atom. The first-order valence-electron chi connectivity index (χ1n) is 26.5. The Labute approximate surface area is 389 Å². The maximum Gasteiger partial charge on any atom is 0.362 e. The van der Waals surface area contributed by atoms with Crippen molar-refractivity contribution in [1.82, 2.24) is 0 Å². The van der Waals surface area contributed by atoms with E-state index in [0.717, 1.165) is 51.4 Å². The van der Waals surface area contributed by atoms with E-state index in [1.54, 1.807) is 0 Å². The lowest BCUT2D eigenvalue weighted by Crippen LogP contribution is -2.50. The SMILES string of the molecule is CCCCCC/C=C\C/C=C\CCCCCCCCCC(=O)OC(COCCC(C(=O)O)[N+](C)(C)C)COC(=O)CCCCCCCCCCC/C=C\CCCCCCCCCC. The minimum atomic E-state index is -0.875. The first-order valence-corrected chi connectivity index (χ1v) is 26.5. The molecule has 0 amide bonds. The van der Waals surface area contributed by atoms with E-state index in [9.17, 15) is 19.5 Å². The number of carbonyl (C=O) groups excluding carboxylic acids is 2. The van der Waals surface area contributed by atoms with E-state index in [1.165, 1.54) is 161 Å². The summed E-state index contributed by atoms with van der Waals surface area (Å²) in [6, 6.07) is -0.616. The van der Waals surface area contributed by atoms with Crippen LogP contribution in [0, 0.1) is 0 Å². The van der Waals surface area contributed by atoms with Crippen LogP contribution in [0.25, 0.3) is 0 Å². The van der Waals surface area contributed by atoms with E-state index >= 15 is 0 Å². The van der Waals surface area contributed by atoms with Gasteiger partial charge in [-0.05, 0) is 70.6 Å². The van der Waals surface area contributed by atoms with Gasteiger partial charge in [-0.1, -0.05) is 192 Å². The highest BCUT2D eigenvalue weighted by atomic mass is 16.6. The van der Waals surface area contributed by atoms with E-state index in [-0.39, 0.29) is 36.2 Å². The number of hydrogen-bond donors (Lipinski definition) is 1. The van der Waals surface area contributed by atoms with Gasteiger partial charge >= 0.3 is 17.9 Å². The van der Waals surface area contributed by atoms with Gasteiger partial charge in [0.25, 0.3) is 0 Å². The standard InChI is InChI=1S/C55H101NO7/c1-6-8-10-12-14-16-18-20-22-24-26-27-28-30-31-33-35-37-39-41-43-45-53(57)62-50-51(49-61-48-47-52(55(59)60)56(3,4)5)63-54(58)46-44-42-40-38-36-34-32-29-25-23-21-19-17-15-13-11-9-7-2/h17,19,23-26,51-52H,6-16,18,20-22,27-50H2,1-5H3/p+1/b19-17-,25-23-,26-24-. The topological polar surface area (TPSA) is 99.1 Å². The predicted molar refractivity (Wildman–Crippen MR) is 266 cm³/mol. The summed E-state index contributed by atoms with van der Waals surface area (Å²) >= 11 is 0. The Balaban J connectivity index is 4.22. The van der Waals surface area contributed by atoms with Crippen LogP contribution in [0.2, 0.25) is 0 Å². The number of carbonyl (C=O) groups is 3. The molecule has 0 aromatic rings. The smallest absolute Gasteiger partial charge is 0.362 e. The molecule has 0 rings (SSSR count). The highest BCUT2D eigenvalue weighted by Gasteiger charge is 2.31. The lowest BCUT2D eigenvalue weighted by Gasteiger charge is -2.31. The van der Waals surface area contributed by atoms with Crippen molar-refractivity contribution in [2.75, 3.05) is 41.0 Å². The summed E-state index contributed by atoms with van der Waals surface area (Å²) in [5.41, 5.74) is 0. The van der Waals surface area contributed by atoms with Crippen LogP contribution in [0.5, 0.6) is 0 Å². The Morgan fingerprint density at radius 1 is 0.476 bits per heavy atom. The fourth-order valence-corrected chi connectivity index (χ4v) is 7.88. The quantitative estimate of drug-likeness (QED) is 0.0281. The zero-order chi connectivity index (χ0) is 46.3. The van der Waals surface area contributed by atoms with Gasteiger partial charge in [-0.25, -0.2) is 4.79 Å². The van der Waals surface area contributed by atoms with Gasteiger partial charge in [-0.15, -0.1) is 0 Å². The van der Waals surface area contributed by atoms with Gasteiger partial charge in [-0.3, -0.25) is 9.59 Å². The van der Waals surface area contributed by atoms with E-state index in [4.69, 9.17) is 14.2 Å². The van der Waals surface area contributed by atoms with E-state index in [0.29, 0.717) is 19.3 Å². The van der Waals surface area contributed by atoms with Gasteiger partial charge < -0.3 is 23.8 Å². The molecule has 0 radical (unpaired) electrons. The number of allylic oxidation sites excluding steroid dienone is 6. The van der Waals surface area contributed by atoms with Gasteiger partial charge in [0.05, 0.1) is 34.4 Å². The average molecular weight is 889 g/mol. The fourth-order valence-electron chi connectivity index (χ4n) is 7.88. The van der Waals surface area contributed by atoms with Crippen LogP contribution in [0.4, 0.5) is 0 Å². The Kier molecular flexibility index (Phi) is 44.3. The van der Waals surface area contributed by atoms with Gasteiger partial charge in [0.2, 0.25) is 0 Å². The summed E-state index contributed by atoms with van der Waals surface area (Å²) in [6.07, 6.45) is 54.8. The number of ether oxygens (including phenoxy) is 3. The largest absolute Gasteiger partial charge is 0.477 e. The highest BCUT2D eigenvalue weighted by molar-refractivity contribution is 5.72. The molecule has 0 bridgehead atoms. The molecule has 0 heterocycles. The number of unbranched alkanes of at least 4 members (excludes halogenated alkanes) is 28. The van der Waals surface area contributed by atoms with Gasteiger partial charge in [0, 0.05) is 19.3 Å². The average Bonchev–Trinajstić information content (AvgIpc) is 3.24. The number of carboxylic acids is 1. The zero-order valence-corrected chi connectivity index (χ0v) is 42.0. The van der Waals surface area contributed by atoms with Gasteiger partial charge in [0.1, 0.15) is 6.61 Å². The van der Waals surface area contributed by atoms with Crippen molar-refractivity contribution in [3.8, 4) is 0 Å². The number of aliphatic carboxylic acids is 1. The van der Waals surface area contributed by atoms with E-state index < -0.39 is 18.1 Å². The molecule has 2 atom stereocenters. The van der Waals surface area contributed by atoms with Crippen molar-refractivity contribution < 1.29 is 38.2 Å². The second-order valence-electron chi connectivity index (χ2n) is 19.1. The molecule has 1 N–H and O–H groups in total. The zero-order valence-electron chi connectivity index (χ0n) is 42.0. The summed E-state index contributed by atoms with van der Waals surface area (Å²) in [5.74, 6) is -1.47. The third kappa shape index (κ3) is 44.5. The van der Waals surface area contributed by atoms with Crippen LogP contribution in [0.1, 0.15) is 245 Å². The minimum Gasteiger partial charge on any atom is -0.477 e. The lowest BCUT2D eigenvalue weighted by molar-refractivity contribution is -0.887. The minimum absolute atomic E-state index is 0.0532. The summed E-state index contributed by atoms with van der Waals surface area (Å²) < 4.78 is 17.4. The third-order valence-corrected chi connectivity index (χ3v) is 12.0. The molecular formula is C55H102NO7+. The summed E-state index contributed by atoms with van der Waals surface area (Å²) in [4.78, 5) is 37.2. The fraction of sp³-hybridized carbons (Fsp3) is 0.836. The molecule has 2 unspecified atom stereocenters. The Morgan fingerprint density at radius 2 is 0.841 bits per heavy atom. The van der Waals surface area contributed by atoms with Crippen molar-refractivity contribution in [3.05, 3.63) is 36.5 Å². The molecule has 368 valence electrons. The normalized spacial score (nSPS) is 13.1. The molecule has 0 saturated heterocycles. The second kappa shape index (κ2) is 46.1. The number of nitrogens with zero attached hydrogens (tertiary/aromatic N) is 1. The highest BCUT2D eigenvalue weighted by Crippen LogP contribution is 2.15. The van der Waals surface area contributed by atoms with Gasteiger partial charge in [-0.2, -0.15) is 0 Å². The van der Waals surface area contributed by atoms with Crippen LogP contribution in [0.3, 0.4) is 0 Å². The number of hydrogen-bond acceptors (Lipinski definition) is 6. The lowest BCUT2D eigenvalue weighted by atomic mass is 10.1. The molecule has 0 aliphatic heterocycles. The maximum absolute atomic E-state index is 12.8. The number of quaternary nitrogens is 1. The van der Waals surface area contributed by atoms with Crippen LogP contribution < -0.4 is 0 Å². The maximum atomic E-state index is 12.8. The first kappa shape index (κ1) is 60.5. The Bertz CT molecular complexity index is 1130. The number of likely N-dealkylation sites (N-methyl/N-ethyl adjacent to an activating group) is 1. The third-order valence-electron chi connectivity index (χ3n) is 12.0. The van der Waals surface area contributed by atoms with Crippen LogP contribution in [0.15, 0.2) is 36.5 Å². The van der Waals surface area contributed by atoms with Crippen molar-refractivity contribution >= 4 is 17.9 Å². The molecule has 0 aromatic heterocycles. The number of carboxylic acid groups (broad SMARTS) is 1. The van der Waals surface area contributed by atoms with Crippen molar-refractivity contribution in [2.45, 2.75) is 257 Å². The second-order valence-corrected chi connectivity index (χ2v) is 19.1. The van der Waals surface area contributed by atoms with Crippen molar-refractivity contribution in [3.63, 3.8) is 0 Å². The van der Waals surface area contributed by atoms with E-state index in [2.05, 4.69) is 50.3 Å². The molecule has 0 fully saturated rings. The van der Waals surface area contributed by atoms with Crippen molar-refractivity contribution in [1.29, 1.82) is 0 Å². The molecule has 8 nitrogen and oxygen atoms in total. The van der Waals surface area contributed by atoms with E-state index in [1.807, 2.05) is 21.1 Å². The van der Waals surface area contributed by atoms with Gasteiger partial charge in [0.15, 0.2) is 12.1 Å². The molecule has 63 heavy (non-hydrogen) atoms. The number of esters is 2. The molecule has 0 aromatic carbocycles. The molecule has 8 heteroatoms. The van der Waals surface area contributed by atoms with Crippen LogP contribution >= 0.6 is 0 Å². The predicted octanol–water partition coefficient (Wildman–Crippen LogP) is 15.4. The summed E-state index contributed by atoms with van der Waals surface area (Å²) in [5, 5.41) is 9.66. The molecule has 0 spiro atoms. The first-order chi connectivity index (χ1) is 30.6. The van der Waals surface area contributed by atoms with Crippen LogP contribution in [-0.2, 0) is 28.6 Å². The summed E-state index contributed by atoms with van der Waals surface area (Å²) in [7, 11) is 5.54. The summed E-state index contributed by atoms with van der Waals surface area (Å²) in [6.45, 7) is 4.74.